The first-order valence-corrected chi connectivity index (χ1v) is 4.71. The van der Waals surface area contributed by atoms with Gasteiger partial charge >= 0.3 is 0 Å². The van der Waals surface area contributed by atoms with Crippen LogP contribution < -0.4 is 5.73 Å². The monoisotopic (exact) mass is 261 g/mol. The lowest BCUT2D eigenvalue weighted by atomic mass is 10.2. The number of hydrogen-bond acceptors (Lipinski definition) is 2. The van der Waals surface area contributed by atoms with Crippen LogP contribution in [0, 0.1) is 0 Å². The third-order valence-electron chi connectivity index (χ3n) is 1.61. The Bertz CT molecular complexity index is 352. The molecule has 2 nitrogen and oxygen atoms in total. The molecule has 0 aliphatic heterocycles. The van der Waals surface area contributed by atoms with E-state index in [1.54, 1.807) is 19.2 Å². The van der Waals surface area contributed by atoms with Gasteiger partial charge in [-0.05, 0) is 28.1 Å². The van der Waals surface area contributed by atoms with Gasteiger partial charge in [-0.15, -0.1) is 0 Å². The molecule has 1 aromatic rings. The maximum Gasteiger partial charge on any atom is 0.120 e. The Morgan fingerprint density at radius 1 is 1.62 bits per heavy atom. The number of methoxy groups -OCH3 is 1. The summed E-state index contributed by atoms with van der Waals surface area (Å²) in [4.78, 5) is 0. The minimum absolute atomic E-state index is 0.529. The molecule has 4 heteroatoms. The number of ether oxygens (including phenoxy) is 1. The Morgan fingerprint density at radius 3 is 2.77 bits per heavy atom. The lowest BCUT2D eigenvalue weighted by Gasteiger charge is -2.09. The first-order chi connectivity index (χ1) is 6.06. The number of halogens is 2. The topological polar surface area (TPSA) is 35.2 Å². The maximum absolute atomic E-state index is 5.83. The average molecular weight is 263 g/mol. The number of rotatable bonds is 2. The summed E-state index contributed by atoms with van der Waals surface area (Å²) in [5, 5.41) is 0.564. The summed E-state index contributed by atoms with van der Waals surface area (Å²) in [7, 11) is 1.55. The van der Waals surface area contributed by atoms with Crippen molar-refractivity contribution >= 4 is 39.0 Å². The van der Waals surface area contributed by atoms with Crippen LogP contribution in [0.15, 0.2) is 23.2 Å². The molecule has 0 bridgehead atoms. The van der Waals surface area contributed by atoms with Gasteiger partial charge in [0.1, 0.15) is 5.76 Å². The zero-order valence-corrected chi connectivity index (χ0v) is 9.45. The molecular formula is C9H9BrClNO. The molecule has 1 rings (SSSR count). The third-order valence-corrected chi connectivity index (χ3v) is 2.72. The molecule has 0 saturated carbocycles. The normalized spacial score (nSPS) is 9.77. The third kappa shape index (κ3) is 2.17. The minimum Gasteiger partial charge on any atom is -0.497 e. The largest absolute Gasteiger partial charge is 0.497 e. The summed E-state index contributed by atoms with van der Waals surface area (Å²) in [6.07, 6.45) is 0. The molecule has 0 saturated heterocycles. The second-order valence-electron chi connectivity index (χ2n) is 2.48. The van der Waals surface area contributed by atoms with Gasteiger partial charge in [0.2, 0.25) is 0 Å². The van der Waals surface area contributed by atoms with Crippen molar-refractivity contribution in [3.8, 4) is 0 Å². The molecule has 0 aliphatic rings. The second-order valence-corrected chi connectivity index (χ2v) is 3.71. The molecule has 1 aromatic carbocycles. The van der Waals surface area contributed by atoms with E-state index < -0.39 is 0 Å². The summed E-state index contributed by atoms with van der Waals surface area (Å²) >= 11 is 9.16. The first-order valence-electron chi connectivity index (χ1n) is 3.54. The highest BCUT2D eigenvalue weighted by Crippen LogP contribution is 2.32. The van der Waals surface area contributed by atoms with Gasteiger partial charge in [0.15, 0.2) is 0 Å². The Morgan fingerprint density at radius 2 is 2.23 bits per heavy atom. The molecule has 0 fully saturated rings. The fourth-order valence-corrected chi connectivity index (χ4v) is 1.60. The van der Waals surface area contributed by atoms with Crippen LogP contribution in [0.1, 0.15) is 5.56 Å². The highest BCUT2D eigenvalue weighted by molar-refractivity contribution is 9.10. The smallest absolute Gasteiger partial charge is 0.120 e. The first kappa shape index (κ1) is 10.4. The highest BCUT2D eigenvalue weighted by atomic mass is 79.9. The Kier molecular flexibility index (Phi) is 3.22. The van der Waals surface area contributed by atoms with Gasteiger partial charge in [0.05, 0.1) is 11.6 Å². The number of benzene rings is 1. The summed E-state index contributed by atoms with van der Waals surface area (Å²) in [5.41, 5.74) is 7.03. The van der Waals surface area contributed by atoms with Crippen molar-refractivity contribution in [3.05, 3.63) is 33.8 Å². The quantitative estimate of drug-likeness (QED) is 0.655. The van der Waals surface area contributed by atoms with E-state index in [2.05, 4.69) is 22.5 Å². The lowest BCUT2D eigenvalue weighted by Crippen LogP contribution is -1.93. The van der Waals surface area contributed by atoms with E-state index in [0.29, 0.717) is 16.5 Å². The van der Waals surface area contributed by atoms with Crippen LogP contribution in [0.25, 0.3) is 5.76 Å². The van der Waals surface area contributed by atoms with Crippen LogP contribution in [0.3, 0.4) is 0 Å². The molecule has 0 aromatic heterocycles. The van der Waals surface area contributed by atoms with E-state index in [9.17, 15) is 0 Å². The van der Waals surface area contributed by atoms with E-state index in [1.165, 1.54) is 0 Å². The van der Waals surface area contributed by atoms with E-state index in [1.807, 2.05) is 0 Å². The van der Waals surface area contributed by atoms with E-state index >= 15 is 0 Å². The SMILES string of the molecule is C=C(OC)c1cc(Cl)cc(N)c1Br. The number of hydrogen-bond donors (Lipinski definition) is 1. The molecule has 70 valence electrons. The average Bonchev–Trinajstić information content (AvgIpc) is 2.10. The lowest BCUT2D eigenvalue weighted by molar-refractivity contribution is 0.371. The van der Waals surface area contributed by atoms with Crippen LogP contribution in [-0.2, 0) is 4.74 Å². The molecule has 0 atom stereocenters. The molecule has 0 radical (unpaired) electrons. The number of nitrogens with two attached hydrogens (primary N) is 1. The van der Waals surface area contributed by atoms with Crippen molar-refractivity contribution in [1.29, 1.82) is 0 Å². The second kappa shape index (κ2) is 4.03. The zero-order chi connectivity index (χ0) is 10.0. The summed E-state index contributed by atoms with van der Waals surface area (Å²) in [5.74, 6) is 0.529. The van der Waals surface area contributed by atoms with Gasteiger partial charge < -0.3 is 10.5 Å². The number of nitrogen functional groups attached to an aromatic ring is 1. The Balaban J connectivity index is 3.28. The van der Waals surface area contributed by atoms with Crippen molar-refractivity contribution in [2.24, 2.45) is 0 Å². The van der Waals surface area contributed by atoms with Crippen molar-refractivity contribution in [3.63, 3.8) is 0 Å². The molecule has 0 spiro atoms. The molecule has 2 N–H and O–H groups in total. The summed E-state index contributed by atoms with van der Waals surface area (Å²) < 4.78 is 5.74. The van der Waals surface area contributed by atoms with Crippen molar-refractivity contribution in [2.45, 2.75) is 0 Å². The minimum atomic E-state index is 0.529. The van der Waals surface area contributed by atoms with Crippen LogP contribution >= 0.6 is 27.5 Å². The van der Waals surface area contributed by atoms with Crippen molar-refractivity contribution < 1.29 is 4.74 Å². The summed E-state index contributed by atoms with van der Waals surface area (Å²) in [6.45, 7) is 3.72. The van der Waals surface area contributed by atoms with Gasteiger partial charge in [-0.1, -0.05) is 18.2 Å². The molecule has 0 unspecified atom stereocenters. The predicted molar refractivity (Wildman–Crippen MR) is 59.6 cm³/mol. The Labute approximate surface area is 90.5 Å². The molecular weight excluding hydrogens is 253 g/mol. The summed E-state index contributed by atoms with van der Waals surface area (Å²) in [6, 6.07) is 3.41. The molecule has 0 heterocycles. The standard InChI is InChI=1S/C9H9BrClNO/c1-5(13-2)7-3-6(11)4-8(12)9(7)10/h3-4H,1,12H2,2H3. The van der Waals surface area contributed by atoms with Crippen molar-refractivity contribution in [2.75, 3.05) is 12.8 Å². The van der Waals surface area contributed by atoms with Crippen LogP contribution in [0.4, 0.5) is 5.69 Å². The van der Waals surface area contributed by atoms with Crippen LogP contribution in [0.5, 0.6) is 0 Å². The highest BCUT2D eigenvalue weighted by Gasteiger charge is 2.08. The van der Waals surface area contributed by atoms with Gasteiger partial charge in [0.25, 0.3) is 0 Å². The van der Waals surface area contributed by atoms with Gasteiger partial charge in [0, 0.05) is 16.3 Å². The fraction of sp³-hybridized carbons (Fsp3) is 0.111. The molecule has 0 aliphatic carbocycles. The van der Waals surface area contributed by atoms with E-state index in [4.69, 9.17) is 22.1 Å². The van der Waals surface area contributed by atoms with Crippen LogP contribution in [-0.4, -0.2) is 7.11 Å². The maximum atomic E-state index is 5.83. The van der Waals surface area contributed by atoms with Gasteiger partial charge in [-0.3, -0.25) is 0 Å². The fourth-order valence-electron chi connectivity index (χ4n) is 0.923. The van der Waals surface area contributed by atoms with E-state index in [0.717, 1.165) is 10.0 Å². The van der Waals surface area contributed by atoms with Gasteiger partial charge in [-0.2, -0.15) is 0 Å². The molecule has 0 amide bonds. The van der Waals surface area contributed by atoms with Crippen LogP contribution in [0.2, 0.25) is 5.02 Å². The van der Waals surface area contributed by atoms with Gasteiger partial charge in [-0.25, -0.2) is 0 Å². The number of anilines is 1. The predicted octanol–water partition coefficient (Wildman–Crippen LogP) is 3.30. The molecule has 13 heavy (non-hydrogen) atoms. The van der Waals surface area contributed by atoms with Crippen molar-refractivity contribution in [1.82, 2.24) is 0 Å². The zero-order valence-electron chi connectivity index (χ0n) is 7.10. The Hall–Kier alpha value is -0.670. The van der Waals surface area contributed by atoms with E-state index in [-0.39, 0.29) is 0 Å².